The Morgan fingerprint density at radius 2 is 1.59 bits per heavy atom. The van der Waals surface area contributed by atoms with Crippen LogP contribution in [0.2, 0.25) is 0 Å². The number of ether oxygens (including phenoxy) is 1. The zero-order chi connectivity index (χ0) is 18.8. The summed E-state index contributed by atoms with van der Waals surface area (Å²) in [5.41, 5.74) is 4.23. The Labute approximate surface area is 155 Å². The van der Waals surface area contributed by atoms with Gasteiger partial charge in [-0.3, -0.25) is 19.9 Å². The molecule has 2 aliphatic heterocycles. The number of fused-ring (bicyclic) bond motifs is 1. The molecule has 0 aromatic heterocycles. The fourth-order valence-corrected chi connectivity index (χ4v) is 3.23. The molecule has 27 heavy (non-hydrogen) atoms. The first kappa shape index (κ1) is 17.0. The van der Waals surface area contributed by atoms with Gasteiger partial charge in [0.25, 0.3) is 5.91 Å². The molecule has 0 aliphatic carbocycles. The van der Waals surface area contributed by atoms with E-state index < -0.39 is 23.8 Å². The highest BCUT2D eigenvalue weighted by atomic mass is 16.5. The lowest BCUT2D eigenvalue weighted by atomic mass is 9.99. The summed E-state index contributed by atoms with van der Waals surface area (Å²) in [4.78, 5) is 38.9. The number of amides is 2. The van der Waals surface area contributed by atoms with E-state index in [9.17, 15) is 14.4 Å². The van der Waals surface area contributed by atoms with Gasteiger partial charge in [0.15, 0.2) is 5.71 Å². The molecule has 2 aromatic rings. The molecule has 0 radical (unpaired) electrons. The largest absolute Gasteiger partial charge is 0.456 e. The highest BCUT2D eigenvalue weighted by molar-refractivity contribution is 6.43. The van der Waals surface area contributed by atoms with Gasteiger partial charge in [-0.15, -0.1) is 0 Å². The van der Waals surface area contributed by atoms with E-state index in [2.05, 4.69) is 10.5 Å². The number of esters is 1. The molecule has 2 amide bonds. The average molecular weight is 363 g/mol. The average Bonchev–Trinajstić information content (AvgIpc) is 3.24. The van der Waals surface area contributed by atoms with Crippen LogP contribution in [-0.4, -0.2) is 34.4 Å². The van der Waals surface area contributed by atoms with Gasteiger partial charge >= 0.3 is 5.97 Å². The Balaban J connectivity index is 1.45. The number of rotatable bonds is 5. The molecular formula is C20H17N3O4. The van der Waals surface area contributed by atoms with Crippen molar-refractivity contribution >= 4 is 23.5 Å². The summed E-state index contributed by atoms with van der Waals surface area (Å²) in [6.45, 7) is 0.242. The van der Waals surface area contributed by atoms with Crippen molar-refractivity contribution in [1.82, 2.24) is 10.3 Å². The highest BCUT2D eigenvalue weighted by Crippen LogP contribution is 2.28. The maximum Gasteiger partial charge on any atom is 0.355 e. The summed E-state index contributed by atoms with van der Waals surface area (Å²) >= 11 is 0. The van der Waals surface area contributed by atoms with Gasteiger partial charge in [-0.25, -0.2) is 4.79 Å². The SMILES string of the molecule is O=C(OCc1ccccc1)C1=NN[C@@H]2C(=O)N(Cc3ccccc3)C(=O)[C@@H]12. The van der Waals surface area contributed by atoms with Crippen LogP contribution in [0.1, 0.15) is 11.1 Å². The molecule has 7 heteroatoms. The van der Waals surface area contributed by atoms with Crippen LogP contribution in [0.3, 0.4) is 0 Å². The van der Waals surface area contributed by atoms with Gasteiger partial charge in [-0.1, -0.05) is 60.7 Å². The van der Waals surface area contributed by atoms with E-state index in [-0.39, 0.29) is 24.8 Å². The zero-order valence-corrected chi connectivity index (χ0v) is 14.4. The minimum atomic E-state index is -0.940. The Morgan fingerprint density at radius 3 is 2.26 bits per heavy atom. The molecule has 7 nitrogen and oxygen atoms in total. The van der Waals surface area contributed by atoms with Crippen molar-refractivity contribution in [1.29, 1.82) is 0 Å². The summed E-state index contributed by atoms with van der Waals surface area (Å²) in [5, 5.41) is 3.90. The second-order valence-corrected chi connectivity index (χ2v) is 6.39. The molecule has 0 unspecified atom stereocenters. The van der Waals surface area contributed by atoms with Gasteiger partial charge < -0.3 is 4.74 Å². The van der Waals surface area contributed by atoms with Crippen LogP contribution in [0, 0.1) is 5.92 Å². The Kier molecular flexibility index (Phi) is 4.42. The van der Waals surface area contributed by atoms with E-state index in [4.69, 9.17) is 4.74 Å². The van der Waals surface area contributed by atoms with Crippen molar-refractivity contribution in [2.24, 2.45) is 11.0 Å². The van der Waals surface area contributed by atoms with Gasteiger partial charge in [0, 0.05) is 0 Å². The van der Waals surface area contributed by atoms with Crippen molar-refractivity contribution in [2.45, 2.75) is 19.2 Å². The molecular weight excluding hydrogens is 346 g/mol. The number of likely N-dealkylation sites (tertiary alicyclic amines) is 1. The second-order valence-electron chi connectivity index (χ2n) is 6.39. The third-order valence-corrected chi connectivity index (χ3v) is 4.62. The first-order valence-electron chi connectivity index (χ1n) is 8.58. The van der Waals surface area contributed by atoms with E-state index in [0.717, 1.165) is 16.0 Å². The van der Waals surface area contributed by atoms with Crippen LogP contribution in [0.15, 0.2) is 65.8 Å². The van der Waals surface area contributed by atoms with Crippen molar-refractivity contribution in [3.63, 3.8) is 0 Å². The number of benzene rings is 2. The third kappa shape index (κ3) is 3.19. The fraction of sp³-hybridized carbons (Fsp3) is 0.200. The van der Waals surface area contributed by atoms with Crippen molar-refractivity contribution in [3.8, 4) is 0 Å². The van der Waals surface area contributed by atoms with Crippen LogP contribution in [-0.2, 0) is 32.3 Å². The van der Waals surface area contributed by atoms with Crippen LogP contribution in [0.25, 0.3) is 0 Å². The van der Waals surface area contributed by atoms with Gasteiger partial charge in [0.2, 0.25) is 5.91 Å². The second kappa shape index (κ2) is 7.03. The van der Waals surface area contributed by atoms with Crippen LogP contribution in [0.5, 0.6) is 0 Å². The van der Waals surface area contributed by atoms with E-state index in [1.54, 1.807) is 0 Å². The molecule has 4 rings (SSSR count). The first-order valence-corrected chi connectivity index (χ1v) is 8.58. The predicted octanol–water partition coefficient (Wildman–Crippen LogP) is 1.24. The van der Waals surface area contributed by atoms with Gasteiger partial charge in [-0.05, 0) is 11.1 Å². The monoisotopic (exact) mass is 363 g/mol. The fourth-order valence-electron chi connectivity index (χ4n) is 3.23. The maximum absolute atomic E-state index is 12.8. The van der Waals surface area contributed by atoms with E-state index in [0.29, 0.717) is 0 Å². The van der Waals surface area contributed by atoms with Crippen molar-refractivity contribution in [3.05, 3.63) is 71.8 Å². The molecule has 0 saturated carbocycles. The molecule has 2 aliphatic rings. The van der Waals surface area contributed by atoms with E-state index in [1.165, 1.54) is 0 Å². The number of hydrogen-bond acceptors (Lipinski definition) is 6. The maximum atomic E-state index is 12.8. The number of imide groups is 1. The molecule has 2 aromatic carbocycles. The molecule has 1 N–H and O–H groups in total. The lowest BCUT2D eigenvalue weighted by Gasteiger charge is -2.15. The smallest absolute Gasteiger partial charge is 0.355 e. The number of carbonyl (C=O) groups excluding carboxylic acids is 3. The quantitative estimate of drug-likeness (QED) is 0.638. The lowest BCUT2D eigenvalue weighted by molar-refractivity contribution is -0.141. The lowest BCUT2D eigenvalue weighted by Crippen LogP contribution is -2.35. The Bertz CT molecular complexity index is 911. The summed E-state index contributed by atoms with van der Waals surface area (Å²) in [6.07, 6.45) is 0. The number of carbonyl (C=O) groups is 3. The number of hydrazone groups is 1. The molecule has 136 valence electrons. The number of nitrogens with zero attached hydrogens (tertiary/aromatic N) is 2. The van der Waals surface area contributed by atoms with Crippen LogP contribution >= 0.6 is 0 Å². The standard InChI is InChI=1S/C20H17N3O4/c24-18-15-16(19(25)23(18)11-13-7-3-1-4-8-13)21-22-17(15)20(26)27-12-14-9-5-2-6-10-14/h1-10,15-16,21H,11-12H2/t15-,16+/m1/s1. The van der Waals surface area contributed by atoms with Crippen LogP contribution in [0.4, 0.5) is 0 Å². The number of hydrogen-bond donors (Lipinski definition) is 1. The Morgan fingerprint density at radius 1 is 0.963 bits per heavy atom. The number of nitrogens with one attached hydrogen (secondary N) is 1. The van der Waals surface area contributed by atoms with Crippen LogP contribution < -0.4 is 5.43 Å². The minimum absolute atomic E-state index is 0.0511. The third-order valence-electron chi connectivity index (χ3n) is 4.62. The van der Waals surface area contributed by atoms with Gasteiger partial charge in [0.1, 0.15) is 18.6 Å². The van der Waals surface area contributed by atoms with E-state index in [1.807, 2.05) is 60.7 Å². The van der Waals surface area contributed by atoms with E-state index >= 15 is 0 Å². The van der Waals surface area contributed by atoms with Gasteiger partial charge in [0.05, 0.1) is 6.54 Å². The topological polar surface area (TPSA) is 88.1 Å². The summed E-state index contributed by atoms with van der Waals surface area (Å²) in [5.74, 6) is -2.45. The van der Waals surface area contributed by atoms with Gasteiger partial charge in [-0.2, -0.15) is 5.10 Å². The zero-order valence-electron chi connectivity index (χ0n) is 14.4. The summed E-state index contributed by atoms with van der Waals surface area (Å²) < 4.78 is 5.27. The normalized spacial score (nSPS) is 20.9. The molecule has 0 bridgehead atoms. The van der Waals surface area contributed by atoms with Crippen molar-refractivity contribution < 1.29 is 19.1 Å². The minimum Gasteiger partial charge on any atom is -0.456 e. The predicted molar refractivity (Wildman–Crippen MR) is 96.1 cm³/mol. The highest BCUT2D eigenvalue weighted by Gasteiger charge is 2.55. The molecule has 2 heterocycles. The molecule has 1 fully saturated rings. The summed E-state index contributed by atoms with van der Waals surface area (Å²) in [7, 11) is 0. The molecule has 2 atom stereocenters. The van der Waals surface area contributed by atoms with Crippen molar-refractivity contribution in [2.75, 3.05) is 0 Å². The molecule has 1 saturated heterocycles. The first-order chi connectivity index (χ1) is 13.1. The Hall–Kier alpha value is -3.48. The molecule has 0 spiro atoms. The summed E-state index contributed by atoms with van der Waals surface area (Å²) in [6, 6.07) is 17.6.